The van der Waals surface area contributed by atoms with Crippen LogP contribution in [0.15, 0.2) is 18.2 Å². The molecule has 4 nitrogen and oxygen atoms in total. The normalized spacial score (nSPS) is 20.8. The van der Waals surface area contributed by atoms with Crippen LogP contribution >= 0.6 is 11.6 Å². The summed E-state index contributed by atoms with van der Waals surface area (Å²) in [5.41, 5.74) is 6.12. The first-order chi connectivity index (χ1) is 8.13. The largest absolute Gasteiger partial charge is 0.369 e. The molecule has 1 aliphatic rings. The molecule has 1 aromatic carbocycles. The SMILES string of the molecule is NCC1COCC(=O)N1c1ccc(F)c(Cl)c1. The summed E-state index contributed by atoms with van der Waals surface area (Å²) in [6.45, 7) is 0.656. The van der Waals surface area contributed by atoms with Crippen molar-refractivity contribution in [2.75, 3.05) is 24.7 Å². The minimum atomic E-state index is -0.513. The van der Waals surface area contributed by atoms with Gasteiger partial charge in [-0.2, -0.15) is 0 Å². The quantitative estimate of drug-likeness (QED) is 0.866. The fourth-order valence-corrected chi connectivity index (χ4v) is 1.97. The van der Waals surface area contributed by atoms with E-state index >= 15 is 0 Å². The van der Waals surface area contributed by atoms with Crippen LogP contribution in [0.2, 0.25) is 5.02 Å². The number of carbonyl (C=O) groups is 1. The maximum Gasteiger partial charge on any atom is 0.253 e. The molecular formula is C11H12ClFN2O2. The van der Waals surface area contributed by atoms with Crippen molar-refractivity contribution < 1.29 is 13.9 Å². The molecule has 1 amide bonds. The summed E-state index contributed by atoms with van der Waals surface area (Å²) in [6.07, 6.45) is 0. The average molecular weight is 259 g/mol. The summed E-state index contributed by atoms with van der Waals surface area (Å²) < 4.78 is 18.2. The predicted octanol–water partition coefficient (Wildman–Crippen LogP) is 1.17. The summed E-state index contributed by atoms with van der Waals surface area (Å²) in [5, 5.41) is -0.0161. The van der Waals surface area contributed by atoms with Gasteiger partial charge < -0.3 is 15.4 Å². The lowest BCUT2D eigenvalue weighted by Gasteiger charge is -2.34. The molecule has 1 atom stereocenters. The maximum absolute atomic E-state index is 13.1. The van der Waals surface area contributed by atoms with E-state index in [0.29, 0.717) is 12.3 Å². The summed E-state index contributed by atoms with van der Waals surface area (Å²) in [5.74, 6) is -0.713. The molecule has 0 aliphatic carbocycles. The Hall–Kier alpha value is -1.17. The monoisotopic (exact) mass is 258 g/mol. The molecule has 0 bridgehead atoms. The minimum Gasteiger partial charge on any atom is -0.369 e. The fraction of sp³-hybridized carbons (Fsp3) is 0.364. The number of rotatable bonds is 2. The summed E-state index contributed by atoms with van der Waals surface area (Å²) >= 11 is 5.70. The van der Waals surface area contributed by atoms with Gasteiger partial charge in [-0.15, -0.1) is 0 Å². The van der Waals surface area contributed by atoms with Crippen molar-refractivity contribution in [3.05, 3.63) is 29.0 Å². The van der Waals surface area contributed by atoms with E-state index in [0.717, 1.165) is 0 Å². The highest BCUT2D eigenvalue weighted by atomic mass is 35.5. The Bertz CT molecular complexity index is 441. The van der Waals surface area contributed by atoms with Crippen LogP contribution in [0.3, 0.4) is 0 Å². The second kappa shape index (κ2) is 5.00. The van der Waals surface area contributed by atoms with Crippen LogP contribution in [-0.2, 0) is 9.53 Å². The van der Waals surface area contributed by atoms with Crippen molar-refractivity contribution in [1.29, 1.82) is 0 Å². The van der Waals surface area contributed by atoms with Crippen molar-refractivity contribution in [3.63, 3.8) is 0 Å². The average Bonchev–Trinajstić information content (AvgIpc) is 2.32. The predicted molar refractivity (Wildman–Crippen MR) is 62.6 cm³/mol. The summed E-state index contributed by atoms with van der Waals surface area (Å²) in [7, 11) is 0. The van der Waals surface area contributed by atoms with Crippen LogP contribution < -0.4 is 10.6 Å². The lowest BCUT2D eigenvalue weighted by Crippen LogP contribution is -2.53. The molecule has 0 saturated carbocycles. The molecule has 1 fully saturated rings. The molecule has 6 heteroatoms. The van der Waals surface area contributed by atoms with Gasteiger partial charge in [0.15, 0.2) is 0 Å². The fourth-order valence-electron chi connectivity index (χ4n) is 1.79. The van der Waals surface area contributed by atoms with Crippen LogP contribution in [0.4, 0.5) is 10.1 Å². The van der Waals surface area contributed by atoms with Gasteiger partial charge in [-0.05, 0) is 18.2 Å². The molecule has 1 aromatic rings. The number of anilines is 1. The molecule has 2 N–H and O–H groups in total. The van der Waals surface area contributed by atoms with E-state index in [1.807, 2.05) is 0 Å². The van der Waals surface area contributed by atoms with Gasteiger partial charge in [-0.3, -0.25) is 4.79 Å². The standard InChI is InChI=1S/C11H12ClFN2O2/c12-9-3-7(1-2-10(9)13)15-8(4-14)5-17-6-11(15)16/h1-3,8H,4-6,14H2. The number of benzene rings is 1. The molecule has 1 heterocycles. The molecule has 0 aromatic heterocycles. The number of amides is 1. The van der Waals surface area contributed by atoms with E-state index in [1.54, 1.807) is 0 Å². The van der Waals surface area contributed by atoms with Gasteiger partial charge in [0.1, 0.15) is 12.4 Å². The highest BCUT2D eigenvalue weighted by molar-refractivity contribution is 6.31. The van der Waals surface area contributed by atoms with Crippen LogP contribution in [0, 0.1) is 5.82 Å². The molecule has 92 valence electrons. The zero-order chi connectivity index (χ0) is 12.4. The van der Waals surface area contributed by atoms with Gasteiger partial charge >= 0.3 is 0 Å². The third-order valence-electron chi connectivity index (χ3n) is 2.62. The van der Waals surface area contributed by atoms with Gasteiger partial charge in [0.2, 0.25) is 0 Å². The van der Waals surface area contributed by atoms with Gasteiger partial charge in [0.25, 0.3) is 5.91 Å². The molecule has 1 aliphatic heterocycles. The smallest absolute Gasteiger partial charge is 0.253 e. The Kier molecular flexibility index (Phi) is 3.61. The summed E-state index contributed by atoms with van der Waals surface area (Å²) in [6, 6.07) is 3.92. The third kappa shape index (κ3) is 2.41. The van der Waals surface area contributed by atoms with Gasteiger partial charge in [0.05, 0.1) is 17.7 Å². The second-order valence-electron chi connectivity index (χ2n) is 3.77. The number of morpholine rings is 1. The number of nitrogens with zero attached hydrogens (tertiary/aromatic N) is 1. The Morgan fingerprint density at radius 1 is 1.59 bits per heavy atom. The molecule has 1 saturated heterocycles. The number of hydrogen-bond acceptors (Lipinski definition) is 3. The number of hydrogen-bond donors (Lipinski definition) is 1. The van der Waals surface area contributed by atoms with E-state index < -0.39 is 5.82 Å². The van der Waals surface area contributed by atoms with Crippen LogP contribution in [0.1, 0.15) is 0 Å². The van der Waals surface area contributed by atoms with Crippen molar-refractivity contribution in [1.82, 2.24) is 0 Å². The van der Waals surface area contributed by atoms with E-state index in [9.17, 15) is 9.18 Å². The molecule has 1 unspecified atom stereocenters. The van der Waals surface area contributed by atoms with E-state index in [4.69, 9.17) is 22.1 Å². The van der Waals surface area contributed by atoms with Crippen molar-refractivity contribution in [3.8, 4) is 0 Å². The van der Waals surface area contributed by atoms with Gasteiger partial charge in [0, 0.05) is 12.2 Å². The zero-order valence-corrected chi connectivity index (χ0v) is 9.78. The highest BCUT2D eigenvalue weighted by Gasteiger charge is 2.29. The molecule has 17 heavy (non-hydrogen) atoms. The van der Waals surface area contributed by atoms with Crippen molar-refractivity contribution in [2.24, 2.45) is 5.73 Å². The van der Waals surface area contributed by atoms with E-state index in [1.165, 1.54) is 23.1 Å². The molecular weight excluding hydrogens is 247 g/mol. The van der Waals surface area contributed by atoms with Crippen molar-refractivity contribution in [2.45, 2.75) is 6.04 Å². The maximum atomic E-state index is 13.1. The third-order valence-corrected chi connectivity index (χ3v) is 2.91. The zero-order valence-electron chi connectivity index (χ0n) is 9.03. The van der Waals surface area contributed by atoms with Crippen LogP contribution in [-0.4, -0.2) is 31.7 Å². The molecule has 2 rings (SSSR count). The minimum absolute atomic E-state index is 0.00545. The second-order valence-corrected chi connectivity index (χ2v) is 4.17. The number of halogens is 2. The Balaban J connectivity index is 2.34. The Labute approximate surface area is 103 Å². The molecule has 0 spiro atoms. The Morgan fingerprint density at radius 2 is 2.35 bits per heavy atom. The number of nitrogens with two attached hydrogens (primary N) is 1. The topological polar surface area (TPSA) is 55.6 Å². The van der Waals surface area contributed by atoms with Crippen LogP contribution in [0.5, 0.6) is 0 Å². The highest BCUT2D eigenvalue weighted by Crippen LogP contribution is 2.25. The van der Waals surface area contributed by atoms with Gasteiger partial charge in [-0.25, -0.2) is 4.39 Å². The van der Waals surface area contributed by atoms with Crippen molar-refractivity contribution >= 4 is 23.2 Å². The first-order valence-electron chi connectivity index (χ1n) is 5.18. The number of ether oxygens (including phenoxy) is 1. The first-order valence-corrected chi connectivity index (χ1v) is 5.56. The first kappa shape index (κ1) is 12.3. The molecule has 0 radical (unpaired) electrons. The number of carbonyl (C=O) groups excluding carboxylic acids is 1. The lowest BCUT2D eigenvalue weighted by atomic mass is 10.2. The summed E-state index contributed by atoms with van der Waals surface area (Å²) in [4.78, 5) is 13.3. The van der Waals surface area contributed by atoms with E-state index in [2.05, 4.69) is 0 Å². The van der Waals surface area contributed by atoms with Crippen LogP contribution in [0.25, 0.3) is 0 Å². The van der Waals surface area contributed by atoms with E-state index in [-0.39, 0.29) is 30.1 Å². The Morgan fingerprint density at radius 3 is 3.00 bits per heavy atom. The lowest BCUT2D eigenvalue weighted by molar-refractivity contribution is -0.127. The van der Waals surface area contributed by atoms with Gasteiger partial charge in [-0.1, -0.05) is 11.6 Å².